The molecule has 0 aliphatic carbocycles. The third kappa shape index (κ3) is 2.69. The SMILES string of the molecule is CSc1cc2ncnc(NS(=O)(=O)c3ccccc3)n2n1. The van der Waals surface area contributed by atoms with Crippen LogP contribution in [0.3, 0.4) is 0 Å². The molecule has 21 heavy (non-hydrogen) atoms. The maximum Gasteiger partial charge on any atom is 0.264 e. The number of benzene rings is 1. The van der Waals surface area contributed by atoms with E-state index in [-0.39, 0.29) is 10.8 Å². The molecule has 3 aromatic rings. The second-order valence-electron chi connectivity index (χ2n) is 4.07. The summed E-state index contributed by atoms with van der Waals surface area (Å²) in [4.78, 5) is 8.17. The average Bonchev–Trinajstić information content (AvgIpc) is 2.92. The summed E-state index contributed by atoms with van der Waals surface area (Å²) < 4.78 is 28.4. The van der Waals surface area contributed by atoms with Crippen LogP contribution in [0.5, 0.6) is 0 Å². The summed E-state index contributed by atoms with van der Waals surface area (Å²) in [7, 11) is -3.71. The van der Waals surface area contributed by atoms with Gasteiger partial charge >= 0.3 is 0 Å². The number of hydrogen-bond donors (Lipinski definition) is 1. The van der Waals surface area contributed by atoms with Gasteiger partial charge in [-0.05, 0) is 18.4 Å². The second kappa shape index (κ2) is 5.34. The number of anilines is 1. The Hall–Kier alpha value is -2.13. The molecule has 0 saturated heterocycles. The van der Waals surface area contributed by atoms with Crippen LogP contribution in [0, 0.1) is 0 Å². The molecule has 0 aliphatic heterocycles. The van der Waals surface area contributed by atoms with Gasteiger partial charge in [-0.3, -0.25) is 0 Å². The smallest absolute Gasteiger partial charge is 0.247 e. The van der Waals surface area contributed by atoms with Gasteiger partial charge in [0, 0.05) is 6.07 Å². The predicted molar refractivity (Wildman–Crippen MR) is 79.8 cm³/mol. The fraction of sp³-hybridized carbons (Fsp3) is 0.0833. The van der Waals surface area contributed by atoms with Crippen LogP contribution in [-0.4, -0.2) is 34.3 Å². The molecular weight excluding hydrogens is 310 g/mol. The van der Waals surface area contributed by atoms with Crippen LogP contribution in [0.15, 0.2) is 52.6 Å². The van der Waals surface area contributed by atoms with Gasteiger partial charge in [-0.25, -0.2) is 23.1 Å². The van der Waals surface area contributed by atoms with Gasteiger partial charge in [-0.1, -0.05) is 18.2 Å². The molecule has 0 spiro atoms. The Morgan fingerprint density at radius 2 is 1.95 bits per heavy atom. The van der Waals surface area contributed by atoms with Gasteiger partial charge < -0.3 is 0 Å². The van der Waals surface area contributed by atoms with Crippen molar-refractivity contribution in [3.63, 3.8) is 0 Å². The van der Waals surface area contributed by atoms with Crippen molar-refractivity contribution >= 4 is 33.4 Å². The summed E-state index contributed by atoms with van der Waals surface area (Å²) in [5.41, 5.74) is 0.528. The number of thioether (sulfide) groups is 1. The summed E-state index contributed by atoms with van der Waals surface area (Å²) in [6.45, 7) is 0. The molecule has 0 radical (unpaired) electrons. The Bertz CT molecular complexity index is 877. The number of aromatic nitrogens is 4. The van der Waals surface area contributed by atoms with Crippen molar-refractivity contribution in [1.82, 2.24) is 19.6 Å². The molecule has 0 saturated carbocycles. The summed E-state index contributed by atoms with van der Waals surface area (Å²) in [5, 5.41) is 4.97. The number of sulfonamides is 1. The van der Waals surface area contributed by atoms with E-state index in [0.29, 0.717) is 5.65 Å². The van der Waals surface area contributed by atoms with Gasteiger partial charge in [0.1, 0.15) is 11.4 Å². The van der Waals surface area contributed by atoms with E-state index in [4.69, 9.17) is 0 Å². The molecule has 0 fully saturated rings. The summed E-state index contributed by atoms with van der Waals surface area (Å²) in [6.07, 6.45) is 3.17. The Morgan fingerprint density at radius 3 is 2.67 bits per heavy atom. The van der Waals surface area contributed by atoms with E-state index in [1.54, 1.807) is 24.3 Å². The Kier molecular flexibility index (Phi) is 3.52. The topological polar surface area (TPSA) is 89.2 Å². The highest BCUT2D eigenvalue weighted by Gasteiger charge is 2.17. The number of nitrogens with one attached hydrogen (secondary N) is 1. The van der Waals surface area contributed by atoms with E-state index in [9.17, 15) is 8.42 Å². The van der Waals surface area contributed by atoms with E-state index in [1.807, 2.05) is 6.26 Å². The first-order valence-corrected chi connectivity index (χ1v) is 8.63. The van der Waals surface area contributed by atoms with Crippen molar-refractivity contribution < 1.29 is 8.42 Å². The lowest BCUT2D eigenvalue weighted by atomic mass is 10.4. The predicted octanol–water partition coefficient (Wildman–Crippen LogP) is 1.65. The van der Waals surface area contributed by atoms with Gasteiger partial charge in [0.25, 0.3) is 10.0 Å². The molecule has 1 aromatic carbocycles. The van der Waals surface area contributed by atoms with E-state index >= 15 is 0 Å². The molecule has 0 bridgehead atoms. The monoisotopic (exact) mass is 321 g/mol. The van der Waals surface area contributed by atoms with Crippen LogP contribution in [0.2, 0.25) is 0 Å². The third-order valence-corrected chi connectivity index (χ3v) is 4.69. The van der Waals surface area contributed by atoms with E-state index < -0.39 is 10.0 Å². The number of hydrogen-bond acceptors (Lipinski definition) is 6. The van der Waals surface area contributed by atoms with Gasteiger partial charge in [0.2, 0.25) is 5.95 Å². The highest BCUT2D eigenvalue weighted by molar-refractivity contribution is 7.98. The molecule has 2 heterocycles. The minimum atomic E-state index is -3.71. The molecule has 2 aromatic heterocycles. The van der Waals surface area contributed by atoms with Gasteiger partial charge in [-0.15, -0.1) is 11.8 Å². The quantitative estimate of drug-likeness (QED) is 0.735. The van der Waals surface area contributed by atoms with Crippen LogP contribution in [-0.2, 0) is 10.0 Å². The van der Waals surface area contributed by atoms with Gasteiger partial charge in [0.05, 0.1) is 4.90 Å². The highest BCUT2D eigenvalue weighted by atomic mass is 32.2. The fourth-order valence-corrected chi connectivity index (χ4v) is 3.14. The third-order valence-electron chi connectivity index (χ3n) is 2.73. The Balaban J connectivity index is 2.04. The maximum atomic E-state index is 12.3. The molecule has 0 unspecified atom stereocenters. The van der Waals surface area contributed by atoms with Crippen molar-refractivity contribution in [3.05, 3.63) is 42.7 Å². The lowest BCUT2D eigenvalue weighted by molar-refractivity contribution is 0.600. The normalized spacial score (nSPS) is 11.7. The van der Waals surface area contributed by atoms with Crippen LogP contribution < -0.4 is 4.72 Å². The van der Waals surface area contributed by atoms with Gasteiger partial charge in [0.15, 0.2) is 5.65 Å². The first kappa shape index (κ1) is 13.8. The Morgan fingerprint density at radius 1 is 1.19 bits per heavy atom. The first-order valence-electron chi connectivity index (χ1n) is 5.93. The highest BCUT2D eigenvalue weighted by Crippen LogP contribution is 2.18. The lowest BCUT2D eigenvalue weighted by Gasteiger charge is -2.07. The molecule has 0 aliphatic rings. The van der Waals surface area contributed by atoms with E-state index in [0.717, 1.165) is 5.03 Å². The lowest BCUT2D eigenvalue weighted by Crippen LogP contribution is -2.17. The van der Waals surface area contributed by atoms with E-state index in [2.05, 4.69) is 19.8 Å². The summed E-state index contributed by atoms with van der Waals surface area (Å²) >= 11 is 1.44. The number of rotatable bonds is 4. The molecule has 0 atom stereocenters. The van der Waals surface area contributed by atoms with Crippen molar-refractivity contribution in [2.75, 3.05) is 11.0 Å². The molecule has 0 amide bonds. The molecule has 9 heteroatoms. The van der Waals surface area contributed by atoms with Crippen LogP contribution in [0.25, 0.3) is 5.65 Å². The summed E-state index contributed by atoms with van der Waals surface area (Å²) in [5.74, 6) is 0.101. The fourth-order valence-electron chi connectivity index (χ4n) is 1.74. The van der Waals surface area contributed by atoms with Crippen LogP contribution in [0.4, 0.5) is 5.95 Å². The first-order chi connectivity index (χ1) is 10.1. The second-order valence-corrected chi connectivity index (χ2v) is 6.58. The zero-order chi connectivity index (χ0) is 14.9. The van der Waals surface area contributed by atoms with Crippen molar-refractivity contribution in [2.24, 2.45) is 0 Å². The molecular formula is C12H11N5O2S2. The van der Waals surface area contributed by atoms with Crippen LogP contribution in [0.1, 0.15) is 0 Å². The van der Waals surface area contributed by atoms with Crippen molar-refractivity contribution in [2.45, 2.75) is 9.92 Å². The minimum Gasteiger partial charge on any atom is -0.247 e. The van der Waals surface area contributed by atoms with Gasteiger partial charge in [-0.2, -0.15) is 9.61 Å². The molecule has 7 nitrogen and oxygen atoms in total. The summed E-state index contributed by atoms with van der Waals surface area (Å²) in [6, 6.07) is 9.84. The number of fused-ring (bicyclic) bond motifs is 1. The molecule has 108 valence electrons. The van der Waals surface area contributed by atoms with Crippen molar-refractivity contribution in [3.8, 4) is 0 Å². The zero-order valence-electron chi connectivity index (χ0n) is 11.0. The Labute approximate surface area is 125 Å². The maximum absolute atomic E-state index is 12.3. The average molecular weight is 321 g/mol. The molecule has 3 rings (SSSR count). The van der Waals surface area contributed by atoms with Crippen LogP contribution >= 0.6 is 11.8 Å². The molecule has 1 N–H and O–H groups in total. The van der Waals surface area contributed by atoms with Crippen molar-refractivity contribution in [1.29, 1.82) is 0 Å². The number of nitrogens with zero attached hydrogens (tertiary/aromatic N) is 4. The minimum absolute atomic E-state index is 0.101. The standard InChI is InChI=1S/C12H11N5O2S2/c1-20-11-7-10-13-8-14-12(17(10)15-11)16-21(18,19)9-5-3-2-4-6-9/h2-8H,1H3,(H,13,14,16). The largest absolute Gasteiger partial charge is 0.264 e. The zero-order valence-corrected chi connectivity index (χ0v) is 12.6. The van der Waals surface area contributed by atoms with E-state index in [1.165, 1.54) is 34.7 Å².